The Morgan fingerprint density at radius 1 is 1.14 bits per heavy atom. The lowest BCUT2D eigenvalue weighted by molar-refractivity contribution is -0.145. The van der Waals surface area contributed by atoms with Crippen molar-refractivity contribution in [2.45, 2.75) is 56.1 Å². The molecule has 154 valence electrons. The van der Waals surface area contributed by atoms with Crippen LogP contribution in [0.3, 0.4) is 0 Å². The third-order valence-corrected chi connectivity index (χ3v) is 7.93. The minimum atomic E-state index is -0.646. The van der Waals surface area contributed by atoms with Crippen molar-refractivity contribution >= 4 is 23.1 Å². The molecule has 8 heteroatoms. The Hall–Kier alpha value is -2.03. The van der Waals surface area contributed by atoms with E-state index in [2.05, 4.69) is 16.0 Å². The van der Waals surface area contributed by atoms with Gasteiger partial charge in [0.15, 0.2) is 0 Å². The van der Waals surface area contributed by atoms with Gasteiger partial charge in [0.05, 0.1) is 40.7 Å². The van der Waals surface area contributed by atoms with Gasteiger partial charge in [0.1, 0.15) is 5.82 Å². The Bertz CT molecular complexity index is 912. The van der Waals surface area contributed by atoms with E-state index in [0.29, 0.717) is 18.9 Å². The quantitative estimate of drug-likeness (QED) is 0.783. The summed E-state index contributed by atoms with van der Waals surface area (Å²) in [5, 5.41) is 0. The molecule has 1 amide bonds. The standard InChI is InChI=1S/C21H27N5O2S/c22-18-13-24-15(12-25-18)17-11-14-16(29-17)3-10-28-21(14)6-8-26(9-7-21)19(27)20(23)4-1-2-5-20/h11-13H,1-10,23H2,(H2,22,25). The van der Waals surface area contributed by atoms with Crippen LogP contribution in [-0.2, 0) is 21.6 Å². The number of fused-ring (bicyclic) bond motifs is 2. The first-order valence-corrected chi connectivity index (χ1v) is 11.2. The second-order valence-electron chi connectivity index (χ2n) is 8.52. The molecule has 4 N–H and O–H groups in total. The average Bonchev–Trinajstić information content (AvgIpc) is 3.37. The maximum absolute atomic E-state index is 13.0. The summed E-state index contributed by atoms with van der Waals surface area (Å²) in [7, 11) is 0. The minimum Gasteiger partial charge on any atom is -0.382 e. The lowest BCUT2D eigenvalue weighted by Gasteiger charge is -2.45. The SMILES string of the molecule is Nc1cnc(-c2cc3c(s2)CCOC32CCN(C(=O)C3(N)CCCC3)CC2)cn1. The molecule has 2 fully saturated rings. The number of hydrogen-bond acceptors (Lipinski definition) is 7. The Labute approximate surface area is 174 Å². The van der Waals surface area contributed by atoms with Gasteiger partial charge in [-0.25, -0.2) is 9.97 Å². The van der Waals surface area contributed by atoms with Crippen molar-refractivity contribution in [1.29, 1.82) is 0 Å². The molecule has 0 atom stereocenters. The van der Waals surface area contributed by atoms with Crippen LogP contribution in [0.15, 0.2) is 18.5 Å². The molecule has 5 rings (SSSR count). The number of carbonyl (C=O) groups is 1. The fraction of sp³-hybridized carbons (Fsp3) is 0.571. The predicted molar refractivity (Wildman–Crippen MR) is 112 cm³/mol. The first-order valence-electron chi connectivity index (χ1n) is 10.4. The number of aromatic nitrogens is 2. The number of amides is 1. The fourth-order valence-electron chi connectivity index (χ4n) is 5.03. The van der Waals surface area contributed by atoms with Crippen molar-refractivity contribution in [3.63, 3.8) is 0 Å². The van der Waals surface area contributed by atoms with Crippen LogP contribution in [0.1, 0.15) is 49.0 Å². The summed E-state index contributed by atoms with van der Waals surface area (Å²) in [5.41, 5.74) is 13.2. The van der Waals surface area contributed by atoms with Crippen molar-refractivity contribution in [1.82, 2.24) is 14.9 Å². The van der Waals surface area contributed by atoms with Gasteiger partial charge in [0.25, 0.3) is 0 Å². The van der Waals surface area contributed by atoms with E-state index in [4.69, 9.17) is 16.2 Å². The zero-order chi connectivity index (χ0) is 20.1. The van der Waals surface area contributed by atoms with Crippen molar-refractivity contribution in [3.8, 4) is 10.6 Å². The highest BCUT2D eigenvalue weighted by Crippen LogP contribution is 2.46. The van der Waals surface area contributed by atoms with Crippen LogP contribution in [0.5, 0.6) is 0 Å². The van der Waals surface area contributed by atoms with Gasteiger partial charge in [-0.05, 0) is 37.3 Å². The third-order valence-electron chi connectivity index (χ3n) is 6.71. The molecule has 0 aromatic carbocycles. The maximum atomic E-state index is 13.0. The van der Waals surface area contributed by atoms with Crippen LogP contribution in [0.25, 0.3) is 10.6 Å². The summed E-state index contributed by atoms with van der Waals surface area (Å²) in [6.07, 6.45) is 9.58. The molecule has 1 saturated heterocycles. The second-order valence-corrected chi connectivity index (χ2v) is 9.66. The number of hydrogen-bond donors (Lipinski definition) is 2. The highest BCUT2D eigenvalue weighted by molar-refractivity contribution is 7.15. The van der Waals surface area contributed by atoms with Gasteiger partial charge in [-0.2, -0.15) is 0 Å². The minimum absolute atomic E-state index is 0.129. The predicted octanol–water partition coefficient (Wildman–Crippen LogP) is 2.45. The summed E-state index contributed by atoms with van der Waals surface area (Å²) >= 11 is 1.76. The average molecular weight is 414 g/mol. The molecule has 1 aliphatic carbocycles. The first kappa shape index (κ1) is 19.0. The van der Waals surface area contributed by atoms with E-state index >= 15 is 0 Å². The molecule has 2 aliphatic heterocycles. The van der Waals surface area contributed by atoms with Crippen molar-refractivity contribution < 1.29 is 9.53 Å². The maximum Gasteiger partial charge on any atom is 0.242 e. The van der Waals surface area contributed by atoms with Crippen molar-refractivity contribution in [2.75, 3.05) is 25.4 Å². The molecule has 0 unspecified atom stereocenters. The molecule has 3 aliphatic rings. The van der Waals surface area contributed by atoms with Crippen LogP contribution >= 0.6 is 11.3 Å². The molecule has 2 aromatic rings. The lowest BCUT2D eigenvalue weighted by Crippen LogP contribution is -2.57. The van der Waals surface area contributed by atoms with Gasteiger partial charge < -0.3 is 21.1 Å². The van der Waals surface area contributed by atoms with Crippen LogP contribution in [0.4, 0.5) is 5.82 Å². The Kier molecular flexibility index (Phi) is 4.60. The van der Waals surface area contributed by atoms with Crippen LogP contribution < -0.4 is 11.5 Å². The summed E-state index contributed by atoms with van der Waals surface area (Å²) < 4.78 is 6.36. The largest absolute Gasteiger partial charge is 0.382 e. The number of rotatable bonds is 2. The summed E-state index contributed by atoms with van der Waals surface area (Å²) in [4.78, 5) is 26.0. The number of thiophene rings is 1. The highest BCUT2D eigenvalue weighted by Gasteiger charge is 2.46. The fourth-order valence-corrected chi connectivity index (χ4v) is 6.22. The zero-order valence-electron chi connectivity index (χ0n) is 16.5. The van der Waals surface area contributed by atoms with E-state index in [1.165, 1.54) is 10.4 Å². The van der Waals surface area contributed by atoms with E-state index in [1.807, 2.05) is 4.90 Å². The lowest BCUT2D eigenvalue weighted by atomic mass is 9.81. The van der Waals surface area contributed by atoms with E-state index in [0.717, 1.165) is 62.1 Å². The summed E-state index contributed by atoms with van der Waals surface area (Å²) in [6.45, 7) is 2.11. The normalized spacial score (nSPS) is 22.6. The van der Waals surface area contributed by atoms with Crippen molar-refractivity contribution in [3.05, 3.63) is 28.9 Å². The molecule has 2 aromatic heterocycles. The summed E-state index contributed by atoms with van der Waals surface area (Å²) in [6, 6.07) is 2.21. The molecular formula is C21H27N5O2S. The van der Waals surface area contributed by atoms with E-state index < -0.39 is 5.54 Å². The van der Waals surface area contributed by atoms with E-state index in [1.54, 1.807) is 23.7 Å². The zero-order valence-corrected chi connectivity index (χ0v) is 17.3. The molecule has 29 heavy (non-hydrogen) atoms. The number of carbonyl (C=O) groups excluding carboxylic acids is 1. The highest BCUT2D eigenvalue weighted by atomic mass is 32.1. The van der Waals surface area contributed by atoms with Crippen molar-refractivity contribution in [2.24, 2.45) is 5.73 Å². The Morgan fingerprint density at radius 3 is 2.59 bits per heavy atom. The molecular weight excluding hydrogens is 386 g/mol. The first-order chi connectivity index (χ1) is 14.0. The smallest absolute Gasteiger partial charge is 0.242 e. The molecule has 1 saturated carbocycles. The van der Waals surface area contributed by atoms with Crippen LogP contribution in [0, 0.1) is 0 Å². The molecule has 0 radical (unpaired) electrons. The topological polar surface area (TPSA) is 107 Å². The molecule has 4 heterocycles. The van der Waals surface area contributed by atoms with Gasteiger partial charge in [-0.3, -0.25) is 4.79 Å². The molecule has 1 spiro atoms. The van der Waals surface area contributed by atoms with Gasteiger partial charge in [-0.1, -0.05) is 12.8 Å². The Morgan fingerprint density at radius 2 is 1.90 bits per heavy atom. The number of likely N-dealkylation sites (tertiary alicyclic amines) is 1. The third kappa shape index (κ3) is 3.23. The monoisotopic (exact) mass is 413 g/mol. The van der Waals surface area contributed by atoms with Gasteiger partial charge in [0, 0.05) is 24.4 Å². The van der Waals surface area contributed by atoms with E-state index in [-0.39, 0.29) is 11.5 Å². The number of nitrogens with two attached hydrogens (primary N) is 2. The second kappa shape index (κ2) is 7.04. The Balaban J connectivity index is 1.37. The number of piperidine rings is 1. The number of anilines is 1. The van der Waals surface area contributed by atoms with E-state index in [9.17, 15) is 4.79 Å². The summed E-state index contributed by atoms with van der Waals surface area (Å²) in [5.74, 6) is 0.552. The molecule has 7 nitrogen and oxygen atoms in total. The van der Waals surface area contributed by atoms with Crippen LogP contribution in [-0.4, -0.2) is 46.0 Å². The van der Waals surface area contributed by atoms with Gasteiger partial charge >= 0.3 is 0 Å². The number of nitrogens with zero attached hydrogens (tertiary/aromatic N) is 3. The molecule has 0 bridgehead atoms. The number of ether oxygens (including phenoxy) is 1. The number of nitrogen functional groups attached to an aromatic ring is 1. The van der Waals surface area contributed by atoms with Gasteiger partial charge in [0.2, 0.25) is 5.91 Å². The van der Waals surface area contributed by atoms with Crippen LogP contribution in [0.2, 0.25) is 0 Å². The van der Waals surface area contributed by atoms with Gasteiger partial charge in [-0.15, -0.1) is 11.3 Å².